The molecule has 0 saturated heterocycles. The van der Waals surface area contributed by atoms with Crippen LogP contribution in [0.5, 0.6) is 5.75 Å². The Kier molecular flexibility index (Phi) is 3.75. The van der Waals surface area contributed by atoms with Crippen molar-refractivity contribution in [2.75, 3.05) is 7.11 Å². The number of hydrogen-bond donors (Lipinski definition) is 2. The van der Waals surface area contributed by atoms with Gasteiger partial charge in [-0.15, -0.1) is 0 Å². The Hall–Kier alpha value is -1.60. The molecule has 0 aromatic heterocycles. The van der Waals surface area contributed by atoms with Gasteiger partial charge >= 0.3 is 5.97 Å². The van der Waals surface area contributed by atoms with Gasteiger partial charge in [0.2, 0.25) is 10.0 Å². The van der Waals surface area contributed by atoms with Crippen LogP contribution in [0.15, 0.2) is 23.1 Å². The van der Waals surface area contributed by atoms with Gasteiger partial charge in [0.25, 0.3) is 0 Å². The molecule has 0 unspecified atom stereocenters. The van der Waals surface area contributed by atoms with E-state index in [1.807, 2.05) is 6.92 Å². The first-order valence-electron chi connectivity index (χ1n) is 6.23. The summed E-state index contributed by atoms with van der Waals surface area (Å²) in [6.07, 6.45) is 2.56. The predicted molar refractivity (Wildman–Crippen MR) is 72.0 cm³/mol. The molecule has 1 aromatic carbocycles. The maximum Gasteiger partial charge on any atom is 0.341 e. The Morgan fingerprint density at radius 2 is 2.05 bits per heavy atom. The number of benzene rings is 1. The second kappa shape index (κ2) is 5.06. The molecule has 0 amide bonds. The molecule has 0 heterocycles. The van der Waals surface area contributed by atoms with Gasteiger partial charge in [-0.3, -0.25) is 0 Å². The number of methoxy groups -OCH3 is 1. The Bertz CT molecular complexity index is 634. The van der Waals surface area contributed by atoms with E-state index >= 15 is 0 Å². The van der Waals surface area contributed by atoms with Gasteiger partial charge in [-0.05, 0) is 44.4 Å². The number of nitrogens with one attached hydrogen (secondary N) is 1. The minimum Gasteiger partial charge on any atom is -0.507 e. The van der Waals surface area contributed by atoms with Crippen molar-refractivity contribution >= 4 is 16.0 Å². The number of ether oxygens (including phenoxy) is 1. The molecule has 1 saturated carbocycles. The lowest BCUT2D eigenvalue weighted by atomic mass is 9.80. The number of aromatic hydroxyl groups is 1. The molecule has 0 spiro atoms. The van der Waals surface area contributed by atoms with Gasteiger partial charge in [0.15, 0.2) is 0 Å². The van der Waals surface area contributed by atoms with Crippen LogP contribution in [-0.2, 0) is 14.8 Å². The normalized spacial score (nSPS) is 17.3. The van der Waals surface area contributed by atoms with E-state index in [0.29, 0.717) is 0 Å². The van der Waals surface area contributed by atoms with E-state index in [1.165, 1.54) is 12.1 Å². The van der Waals surface area contributed by atoms with Crippen LogP contribution >= 0.6 is 0 Å². The Morgan fingerprint density at radius 3 is 2.55 bits per heavy atom. The van der Waals surface area contributed by atoms with Crippen LogP contribution in [0.1, 0.15) is 36.5 Å². The van der Waals surface area contributed by atoms with Crippen LogP contribution in [0.3, 0.4) is 0 Å². The Labute approximate surface area is 117 Å². The van der Waals surface area contributed by atoms with Gasteiger partial charge in [0, 0.05) is 5.54 Å². The fraction of sp³-hybridized carbons (Fsp3) is 0.462. The number of hydrogen-bond acceptors (Lipinski definition) is 5. The van der Waals surface area contributed by atoms with Crippen molar-refractivity contribution < 1.29 is 23.1 Å². The maximum absolute atomic E-state index is 12.3. The summed E-state index contributed by atoms with van der Waals surface area (Å²) in [5, 5.41) is 9.58. The van der Waals surface area contributed by atoms with E-state index in [4.69, 9.17) is 0 Å². The third-order valence-corrected chi connectivity index (χ3v) is 5.16. The quantitative estimate of drug-likeness (QED) is 0.820. The van der Waals surface area contributed by atoms with Gasteiger partial charge in [-0.1, -0.05) is 0 Å². The molecule has 0 aliphatic heterocycles. The molecular weight excluding hydrogens is 282 g/mol. The van der Waals surface area contributed by atoms with Gasteiger partial charge in [0.05, 0.1) is 12.0 Å². The number of phenols is 1. The van der Waals surface area contributed by atoms with Gasteiger partial charge < -0.3 is 9.84 Å². The molecule has 7 heteroatoms. The molecule has 1 aromatic rings. The number of rotatable bonds is 4. The summed E-state index contributed by atoms with van der Waals surface area (Å²) in [6, 6.07) is 3.54. The van der Waals surface area contributed by atoms with Crippen molar-refractivity contribution in [3.8, 4) is 5.75 Å². The molecular formula is C13H17NO5S. The zero-order valence-electron chi connectivity index (χ0n) is 11.3. The van der Waals surface area contributed by atoms with E-state index in [0.717, 1.165) is 32.4 Å². The zero-order valence-corrected chi connectivity index (χ0v) is 12.2. The third kappa shape index (κ3) is 2.78. The predicted octanol–water partition coefficient (Wildman–Crippen LogP) is 1.40. The second-order valence-corrected chi connectivity index (χ2v) is 6.87. The first kappa shape index (κ1) is 14.8. The lowest BCUT2D eigenvalue weighted by molar-refractivity contribution is 0.0597. The van der Waals surface area contributed by atoms with Crippen LogP contribution in [0.2, 0.25) is 0 Å². The third-order valence-electron chi connectivity index (χ3n) is 3.52. The van der Waals surface area contributed by atoms with Gasteiger partial charge in [0.1, 0.15) is 11.3 Å². The van der Waals surface area contributed by atoms with Crippen LogP contribution in [-0.4, -0.2) is 32.1 Å². The average Bonchev–Trinajstić information content (AvgIpc) is 2.35. The van der Waals surface area contributed by atoms with Crippen LogP contribution in [0, 0.1) is 0 Å². The number of carbonyl (C=O) groups is 1. The smallest absolute Gasteiger partial charge is 0.341 e. The highest BCUT2D eigenvalue weighted by Crippen LogP contribution is 2.33. The summed E-state index contributed by atoms with van der Waals surface area (Å²) in [5.41, 5.74) is -0.601. The minimum absolute atomic E-state index is 0.0659. The molecule has 110 valence electrons. The highest BCUT2D eigenvalue weighted by molar-refractivity contribution is 7.89. The van der Waals surface area contributed by atoms with Crippen molar-refractivity contribution in [2.45, 2.75) is 36.6 Å². The molecule has 2 N–H and O–H groups in total. The first-order valence-corrected chi connectivity index (χ1v) is 7.71. The van der Waals surface area contributed by atoms with Crippen LogP contribution < -0.4 is 4.72 Å². The minimum atomic E-state index is -3.73. The number of carbonyl (C=O) groups excluding carboxylic acids is 1. The summed E-state index contributed by atoms with van der Waals surface area (Å²) in [7, 11) is -2.57. The summed E-state index contributed by atoms with van der Waals surface area (Å²) in [4.78, 5) is 11.4. The van der Waals surface area contributed by atoms with Crippen LogP contribution in [0.4, 0.5) is 0 Å². The summed E-state index contributed by atoms with van der Waals surface area (Å²) in [5.74, 6) is -1.10. The standard InChI is InChI=1S/C13H17NO5S/c1-13(6-3-7-13)14-20(17,18)9-4-5-11(15)10(8-9)12(16)19-2/h4-5,8,14-15H,3,6-7H2,1-2H3. The van der Waals surface area contributed by atoms with E-state index in [-0.39, 0.29) is 16.2 Å². The molecule has 0 radical (unpaired) electrons. The Balaban J connectivity index is 2.34. The topological polar surface area (TPSA) is 92.7 Å². The fourth-order valence-electron chi connectivity index (χ4n) is 2.15. The van der Waals surface area contributed by atoms with Crippen molar-refractivity contribution in [1.29, 1.82) is 0 Å². The Morgan fingerprint density at radius 1 is 1.40 bits per heavy atom. The number of esters is 1. The molecule has 1 aliphatic carbocycles. The highest BCUT2D eigenvalue weighted by atomic mass is 32.2. The van der Waals surface area contributed by atoms with E-state index in [2.05, 4.69) is 9.46 Å². The monoisotopic (exact) mass is 299 g/mol. The van der Waals surface area contributed by atoms with Crippen molar-refractivity contribution in [1.82, 2.24) is 4.72 Å². The second-order valence-electron chi connectivity index (χ2n) is 5.19. The van der Waals surface area contributed by atoms with E-state index in [1.54, 1.807) is 0 Å². The summed E-state index contributed by atoms with van der Waals surface area (Å²) in [6.45, 7) is 1.84. The first-order chi connectivity index (χ1) is 9.27. The van der Waals surface area contributed by atoms with Crippen molar-refractivity contribution in [3.05, 3.63) is 23.8 Å². The molecule has 1 aliphatic rings. The van der Waals surface area contributed by atoms with Gasteiger partial charge in [-0.2, -0.15) is 0 Å². The number of sulfonamides is 1. The van der Waals surface area contributed by atoms with Crippen molar-refractivity contribution in [2.24, 2.45) is 0 Å². The van der Waals surface area contributed by atoms with Crippen molar-refractivity contribution in [3.63, 3.8) is 0 Å². The number of phenolic OH excluding ortho intramolecular Hbond substituents is 1. The van der Waals surface area contributed by atoms with E-state index < -0.39 is 21.5 Å². The summed E-state index contributed by atoms with van der Waals surface area (Å²) >= 11 is 0. The van der Waals surface area contributed by atoms with Crippen LogP contribution in [0.25, 0.3) is 0 Å². The highest BCUT2D eigenvalue weighted by Gasteiger charge is 2.36. The lowest BCUT2D eigenvalue weighted by Crippen LogP contribution is -2.50. The molecule has 1 fully saturated rings. The molecule has 20 heavy (non-hydrogen) atoms. The fourth-order valence-corrected chi connectivity index (χ4v) is 3.64. The molecule has 2 rings (SSSR count). The lowest BCUT2D eigenvalue weighted by Gasteiger charge is -2.38. The molecule has 0 atom stereocenters. The largest absolute Gasteiger partial charge is 0.507 e. The summed E-state index contributed by atoms with van der Waals surface area (Å²) < 4.78 is 31.7. The molecule has 0 bridgehead atoms. The molecule has 6 nitrogen and oxygen atoms in total. The van der Waals surface area contributed by atoms with Gasteiger partial charge in [-0.25, -0.2) is 17.9 Å². The average molecular weight is 299 g/mol. The zero-order chi connectivity index (χ0) is 15.0. The maximum atomic E-state index is 12.3. The SMILES string of the molecule is COC(=O)c1cc(S(=O)(=O)NC2(C)CCC2)ccc1O. The van der Waals surface area contributed by atoms with E-state index in [9.17, 15) is 18.3 Å².